The Balaban J connectivity index is 1.52. The summed E-state index contributed by atoms with van der Waals surface area (Å²) in [5, 5.41) is 14.1. The Hall–Kier alpha value is -3.27. The molecule has 3 heterocycles. The summed E-state index contributed by atoms with van der Waals surface area (Å²) in [7, 11) is 0. The summed E-state index contributed by atoms with van der Waals surface area (Å²) in [6.07, 6.45) is 3.52. The van der Waals surface area contributed by atoms with E-state index in [0.29, 0.717) is 41.8 Å². The quantitative estimate of drug-likeness (QED) is 0.355. The highest BCUT2D eigenvalue weighted by molar-refractivity contribution is 6.30. The summed E-state index contributed by atoms with van der Waals surface area (Å²) in [4.78, 5) is 12.8. The van der Waals surface area contributed by atoms with E-state index in [1.165, 1.54) is 0 Å². The van der Waals surface area contributed by atoms with Gasteiger partial charge in [0.15, 0.2) is 6.23 Å². The van der Waals surface area contributed by atoms with E-state index < -0.39 is 17.9 Å². The second-order valence-electron chi connectivity index (χ2n) is 8.51. The molecule has 0 aliphatic carbocycles. The number of ether oxygens (including phenoxy) is 1. The summed E-state index contributed by atoms with van der Waals surface area (Å²) in [6.45, 7) is 9.86. The fraction of sp³-hybridized carbons (Fsp3) is 0.333. The minimum absolute atomic E-state index is 0.0531. The smallest absolute Gasteiger partial charge is 0.154 e. The van der Waals surface area contributed by atoms with E-state index in [1.54, 1.807) is 35.5 Å². The molecule has 0 bridgehead atoms. The molecule has 1 atom stereocenters. The molecule has 1 aromatic carbocycles. The number of benzene rings is 1. The van der Waals surface area contributed by atoms with Gasteiger partial charge < -0.3 is 25.0 Å². The Morgan fingerprint density at radius 3 is 2.38 bits per heavy atom. The van der Waals surface area contributed by atoms with Crippen LogP contribution in [0.4, 0.5) is 26.1 Å². The van der Waals surface area contributed by atoms with Gasteiger partial charge in [-0.25, -0.2) is 18.7 Å². The highest BCUT2D eigenvalue weighted by Crippen LogP contribution is 2.39. The molecule has 1 aliphatic heterocycles. The number of halogens is 3. The van der Waals surface area contributed by atoms with Crippen LogP contribution in [-0.4, -0.2) is 59.0 Å². The van der Waals surface area contributed by atoms with Crippen LogP contribution in [-0.2, 0) is 0 Å². The molecular formula is C27H30ClF2N5O2. The topological polar surface area (TPSA) is 73.8 Å². The maximum absolute atomic E-state index is 14.6. The van der Waals surface area contributed by atoms with Crippen LogP contribution in [0.2, 0.25) is 5.02 Å². The lowest BCUT2D eigenvalue weighted by Crippen LogP contribution is -2.38. The molecule has 3 aromatic rings. The molecule has 4 rings (SSSR count). The fourth-order valence-corrected chi connectivity index (χ4v) is 4.48. The monoisotopic (exact) mass is 529 g/mol. The van der Waals surface area contributed by atoms with E-state index in [-0.39, 0.29) is 16.2 Å². The number of hydrogen-bond donors (Lipinski definition) is 2. The lowest BCUT2D eigenvalue weighted by molar-refractivity contribution is 0.222. The number of fused-ring (bicyclic) bond motifs is 1. The summed E-state index contributed by atoms with van der Waals surface area (Å²) in [5.41, 5.74) is 1.07. The van der Waals surface area contributed by atoms with Gasteiger partial charge in [0.1, 0.15) is 35.6 Å². The van der Waals surface area contributed by atoms with Crippen LogP contribution >= 0.6 is 11.6 Å². The van der Waals surface area contributed by atoms with Crippen molar-refractivity contribution in [2.24, 2.45) is 0 Å². The summed E-state index contributed by atoms with van der Waals surface area (Å²) in [5.74, 6) is 0.0771. The van der Waals surface area contributed by atoms with Crippen molar-refractivity contribution < 1.29 is 18.6 Å². The molecule has 196 valence electrons. The number of aliphatic hydroxyl groups excluding tert-OH is 1. The Kier molecular flexibility index (Phi) is 8.58. The maximum atomic E-state index is 14.6. The van der Waals surface area contributed by atoms with E-state index in [1.807, 2.05) is 13.0 Å². The van der Waals surface area contributed by atoms with Crippen LogP contribution in [0.3, 0.4) is 0 Å². The van der Waals surface area contributed by atoms with E-state index in [4.69, 9.17) is 16.3 Å². The third-order valence-electron chi connectivity index (χ3n) is 6.31. The molecular weight excluding hydrogens is 500 g/mol. The summed E-state index contributed by atoms with van der Waals surface area (Å²) >= 11 is 5.77. The van der Waals surface area contributed by atoms with Crippen molar-refractivity contribution in [1.82, 2.24) is 14.9 Å². The molecule has 0 fully saturated rings. The Bertz CT molecular complexity index is 1250. The van der Waals surface area contributed by atoms with Crippen molar-refractivity contribution in [2.45, 2.75) is 27.0 Å². The van der Waals surface area contributed by atoms with Gasteiger partial charge in [0, 0.05) is 41.5 Å². The summed E-state index contributed by atoms with van der Waals surface area (Å²) < 4.78 is 35.0. The minimum Gasteiger partial charge on any atom is -0.491 e. The van der Waals surface area contributed by atoms with E-state index >= 15 is 0 Å². The second-order valence-corrected chi connectivity index (χ2v) is 8.95. The number of anilines is 3. The van der Waals surface area contributed by atoms with Gasteiger partial charge in [-0.05, 0) is 50.4 Å². The predicted molar refractivity (Wildman–Crippen MR) is 143 cm³/mol. The number of pyridine rings is 2. The first-order chi connectivity index (χ1) is 17.8. The standard InChI is InChI=1S/C27H30ClF2N5O2/c1-4-34(5-2)9-10-37-19-7-8-24(32-16-19)33-25-14-23-17(15-31-25)11-20(27(36)35(23)6-3)26-21(29)12-18(28)13-22(26)30/h7-8,11-16,27,36H,4-6,9-10H2,1-3H3,(H,31,32,33). The number of rotatable bonds is 10. The van der Waals surface area contributed by atoms with Gasteiger partial charge in [0.25, 0.3) is 0 Å². The zero-order chi connectivity index (χ0) is 26.5. The van der Waals surface area contributed by atoms with E-state index in [0.717, 1.165) is 31.8 Å². The van der Waals surface area contributed by atoms with Gasteiger partial charge in [-0.1, -0.05) is 25.4 Å². The third kappa shape index (κ3) is 6.01. The zero-order valence-electron chi connectivity index (χ0n) is 21.0. The molecule has 2 N–H and O–H groups in total. The molecule has 0 amide bonds. The molecule has 1 unspecified atom stereocenters. The van der Waals surface area contributed by atoms with Crippen molar-refractivity contribution >= 4 is 40.6 Å². The van der Waals surface area contributed by atoms with Crippen LogP contribution in [0.5, 0.6) is 5.75 Å². The first kappa shape index (κ1) is 26.8. The average Bonchev–Trinajstić information content (AvgIpc) is 2.87. The molecule has 0 spiro atoms. The van der Waals surface area contributed by atoms with Crippen molar-refractivity contribution in [3.8, 4) is 5.75 Å². The van der Waals surface area contributed by atoms with Gasteiger partial charge in [-0.15, -0.1) is 0 Å². The molecule has 37 heavy (non-hydrogen) atoms. The maximum Gasteiger partial charge on any atom is 0.154 e. The second kappa shape index (κ2) is 11.9. The zero-order valence-corrected chi connectivity index (χ0v) is 21.8. The van der Waals surface area contributed by atoms with Gasteiger partial charge >= 0.3 is 0 Å². The molecule has 0 radical (unpaired) electrons. The lowest BCUT2D eigenvalue weighted by Gasteiger charge is -2.35. The number of hydrogen-bond acceptors (Lipinski definition) is 7. The third-order valence-corrected chi connectivity index (χ3v) is 6.52. The number of nitrogens with zero attached hydrogens (tertiary/aromatic N) is 4. The molecule has 0 saturated heterocycles. The van der Waals surface area contributed by atoms with Crippen LogP contribution in [0, 0.1) is 11.6 Å². The van der Waals surface area contributed by atoms with E-state index in [2.05, 4.69) is 34.0 Å². The van der Waals surface area contributed by atoms with Crippen LogP contribution in [0.25, 0.3) is 11.6 Å². The number of likely N-dealkylation sites (N-methyl/N-ethyl adjacent to an activating group) is 2. The van der Waals surface area contributed by atoms with E-state index in [9.17, 15) is 13.9 Å². The Morgan fingerprint density at radius 2 is 1.76 bits per heavy atom. The lowest BCUT2D eigenvalue weighted by atomic mass is 9.95. The van der Waals surface area contributed by atoms with Crippen molar-refractivity contribution in [2.75, 3.05) is 43.0 Å². The van der Waals surface area contributed by atoms with Gasteiger partial charge in [0.2, 0.25) is 0 Å². The Morgan fingerprint density at radius 1 is 1.05 bits per heavy atom. The molecule has 10 heteroatoms. The molecule has 1 aliphatic rings. The van der Waals surface area contributed by atoms with Crippen molar-refractivity contribution in [3.63, 3.8) is 0 Å². The highest BCUT2D eigenvalue weighted by Gasteiger charge is 2.30. The molecule has 2 aromatic heterocycles. The van der Waals surface area contributed by atoms with Crippen molar-refractivity contribution in [1.29, 1.82) is 0 Å². The average molecular weight is 530 g/mol. The number of aliphatic hydroxyl groups is 1. The van der Waals surface area contributed by atoms with Crippen molar-refractivity contribution in [3.05, 3.63) is 70.5 Å². The first-order valence-corrected chi connectivity index (χ1v) is 12.6. The molecule has 0 saturated carbocycles. The Labute approximate surface area is 220 Å². The predicted octanol–water partition coefficient (Wildman–Crippen LogP) is 5.57. The largest absolute Gasteiger partial charge is 0.491 e. The van der Waals surface area contributed by atoms with Gasteiger partial charge in [0.05, 0.1) is 17.4 Å². The number of aromatic nitrogens is 2. The molecule has 7 nitrogen and oxygen atoms in total. The SMILES string of the molecule is CCN(CC)CCOc1ccc(Nc2cc3c(cn2)C=C(c2c(F)cc(Cl)cc2F)C(O)N3CC)nc1. The summed E-state index contributed by atoms with van der Waals surface area (Å²) in [6, 6.07) is 7.45. The fourth-order valence-electron chi connectivity index (χ4n) is 4.29. The van der Waals surface area contributed by atoms with Gasteiger partial charge in [-0.2, -0.15) is 0 Å². The van der Waals surface area contributed by atoms with Crippen LogP contribution in [0.15, 0.2) is 42.7 Å². The van der Waals surface area contributed by atoms with Crippen LogP contribution < -0.4 is 15.0 Å². The van der Waals surface area contributed by atoms with Gasteiger partial charge in [-0.3, -0.25) is 0 Å². The highest BCUT2D eigenvalue weighted by atomic mass is 35.5. The van der Waals surface area contributed by atoms with Crippen LogP contribution in [0.1, 0.15) is 31.9 Å². The normalized spacial score (nSPS) is 15.0. The first-order valence-electron chi connectivity index (χ1n) is 12.2. The number of nitrogens with one attached hydrogen (secondary N) is 1. The minimum atomic E-state index is -1.26.